The Hall–Kier alpha value is -3.13. The molecule has 25 heavy (non-hydrogen) atoms. The van der Waals surface area contributed by atoms with Crippen LogP contribution in [0.25, 0.3) is 5.70 Å². The Labute approximate surface area is 147 Å². The summed E-state index contributed by atoms with van der Waals surface area (Å²) in [6.07, 6.45) is 2.07. The number of hydrogen-bond acceptors (Lipinski definition) is 1. The molecule has 0 fully saturated rings. The Morgan fingerprint density at radius 2 is 1.24 bits per heavy atom. The second kappa shape index (κ2) is 6.06. The van der Waals surface area contributed by atoms with E-state index in [-0.39, 0.29) is 5.91 Å². The fourth-order valence-corrected chi connectivity index (χ4v) is 3.56. The first-order chi connectivity index (χ1) is 12.2. The third kappa shape index (κ3) is 2.47. The van der Waals surface area contributed by atoms with Crippen LogP contribution in [-0.2, 0) is 10.2 Å². The quantitative estimate of drug-likeness (QED) is 0.757. The monoisotopic (exact) mass is 325 g/mol. The summed E-state index contributed by atoms with van der Waals surface area (Å²) >= 11 is 0. The molecule has 0 bridgehead atoms. The molecule has 1 N–H and O–H groups in total. The van der Waals surface area contributed by atoms with Crippen molar-refractivity contribution < 1.29 is 4.79 Å². The molecule has 1 amide bonds. The number of amides is 1. The lowest BCUT2D eigenvalue weighted by molar-refractivity contribution is -0.121. The van der Waals surface area contributed by atoms with E-state index in [1.165, 1.54) is 0 Å². The van der Waals surface area contributed by atoms with Gasteiger partial charge in [0.25, 0.3) is 0 Å². The van der Waals surface area contributed by atoms with Crippen LogP contribution < -0.4 is 5.32 Å². The fourth-order valence-electron chi connectivity index (χ4n) is 3.56. The van der Waals surface area contributed by atoms with Crippen molar-refractivity contribution in [1.82, 2.24) is 5.32 Å². The molecule has 1 aliphatic rings. The van der Waals surface area contributed by atoms with Crippen LogP contribution in [0.2, 0.25) is 0 Å². The van der Waals surface area contributed by atoms with Crippen LogP contribution in [0.15, 0.2) is 91.0 Å². The standard InChI is InChI=1S/C23H19NO/c1-17-10-8-9-15-20(17)21-16-23(22(25)24-21,18-11-4-2-5-12-18)19-13-6-3-7-14-19/h2-16H,1H3,(H,24,25). The summed E-state index contributed by atoms with van der Waals surface area (Å²) in [5.41, 5.74) is 4.22. The van der Waals surface area contributed by atoms with Gasteiger partial charge in [0.2, 0.25) is 5.91 Å². The summed E-state index contributed by atoms with van der Waals surface area (Å²) < 4.78 is 0. The lowest BCUT2D eigenvalue weighted by atomic mass is 9.74. The highest BCUT2D eigenvalue weighted by atomic mass is 16.2. The average molecular weight is 325 g/mol. The molecule has 0 radical (unpaired) electrons. The summed E-state index contributed by atoms with van der Waals surface area (Å²) in [4.78, 5) is 13.2. The average Bonchev–Trinajstić information content (AvgIpc) is 3.02. The minimum Gasteiger partial charge on any atom is -0.324 e. The number of carbonyl (C=O) groups excluding carboxylic acids is 1. The molecule has 0 saturated heterocycles. The minimum absolute atomic E-state index is 0.0110. The summed E-state index contributed by atoms with van der Waals surface area (Å²) in [7, 11) is 0. The molecule has 0 saturated carbocycles. The lowest BCUT2D eigenvalue weighted by Gasteiger charge is -2.26. The highest BCUT2D eigenvalue weighted by molar-refractivity contribution is 6.05. The van der Waals surface area contributed by atoms with Crippen molar-refractivity contribution in [2.24, 2.45) is 0 Å². The van der Waals surface area contributed by atoms with E-state index in [9.17, 15) is 4.79 Å². The molecule has 1 heterocycles. The van der Waals surface area contributed by atoms with Crippen LogP contribution in [0.1, 0.15) is 22.3 Å². The van der Waals surface area contributed by atoms with Crippen LogP contribution in [0, 0.1) is 6.92 Å². The molecule has 3 aromatic rings. The van der Waals surface area contributed by atoms with Crippen LogP contribution in [0.4, 0.5) is 0 Å². The van der Waals surface area contributed by atoms with Crippen molar-refractivity contribution in [2.75, 3.05) is 0 Å². The smallest absolute Gasteiger partial charge is 0.243 e. The Morgan fingerprint density at radius 3 is 1.80 bits per heavy atom. The van der Waals surface area contributed by atoms with Crippen LogP contribution in [-0.4, -0.2) is 5.91 Å². The van der Waals surface area contributed by atoms with Gasteiger partial charge in [-0.15, -0.1) is 0 Å². The zero-order valence-corrected chi connectivity index (χ0v) is 14.1. The molecular weight excluding hydrogens is 306 g/mol. The molecule has 4 rings (SSSR count). The van der Waals surface area contributed by atoms with Gasteiger partial charge in [0.15, 0.2) is 0 Å². The van der Waals surface area contributed by atoms with E-state index in [0.717, 1.165) is 28.0 Å². The molecule has 0 atom stereocenters. The molecule has 0 aliphatic carbocycles. The Balaban J connectivity index is 1.96. The number of aryl methyl sites for hydroxylation is 1. The molecule has 122 valence electrons. The van der Waals surface area contributed by atoms with Crippen LogP contribution in [0.3, 0.4) is 0 Å². The first-order valence-corrected chi connectivity index (χ1v) is 8.43. The molecule has 3 aromatic carbocycles. The van der Waals surface area contributed by atoms with E-state index >= 15 is 0 Å². The number of carbonyl (C=O) groups is 1. The van der Waals surface area contributed by atoms with Gasteiger partial charge in [-0.3, -0.25) is 4.79 Å². The van der Waals surface area contributed by atoms with Crippen LogP contribution >= 0.6 is 0 Å². The molecule has 2 heteroatoms. The first kappa shape index (κ1) is 15.4. The lowest BCUT2D eigenvalue weighted by Crippen LogP contribution is -2.37. The van der Waals surface area contributed by atoms with Gasteiger partial charge in [0.1, 0.15) is 5.41 Å². The topological polar surface area (TPSA) is 29.1 Å². The van der Waals surface area contributed by atoms with E-state index < -0.39 is 5.41 Å². The molecule has 0 aromatic heterocycles. The van der Waals surface area contributed by atoms with Gasteiger partial charge in [-0.1, -0.05) is 84.9 Å². The predicted octanol–water partition coefficient (Wildman–Crippen LogP) is 4.45. The number of nitrogens with one attached hydrogen (secondary N) is 1. The van der Waals surface area contributed by atoms with Crippen molar-refractivity contribution in [3.63, 3.8) is 0 Å². The second-order valence-electron chi connectivity index (χ2n) is 6.37. The Kier molecular flexibility index (Phi) is 3.73. The van der Waals surface area contributed by atoms with Crippen LogP contribution in [0.5, 0.6) is 0 Å². The highest BCUT2D eigenvalue weighted by Crippen LogP contribution is 2.40. The first-order valence-electron chi connectivity index (χ1n) is 8.43. The zero-order valence-electron chi connectivity index (χ0n) is 14.1. The van der Waals surface area contributed by atoms with Gasteiger partial charge in [-0.05, 0) is 29.7 Å². The second-order valence-corrected chi connectivity index (χ2v) is 6.37. The van der Waals surface area contributed by atoms with E-state index in [1.54, 1.807) is 0 Å². The molecule has 1 aliphatic heterocycles. The predicted molar refractivity (Wildman–Crippen MR) is 101 cm³/mol. The highest BCUT2D eigenvalue weighted by Gasteiger charge is 2.45. The normalized spacial score (nSPS) is 15.6. The SMILES string of the molecule is Cc1ccccc1C1=CC(c2ccccc2)(c2ccccc2)C(=O)N1. The van der Waals surface area contributed by atoms with E-state index in [2.05, 4.69) is 24.4 Å². The Morgan fingerprint density at radius 1 is 0.720 bits per heavy atom. The van der Waals surface area contributed by atoms with E-state index in [1.807, 2.05) is 78.9 Å². The molecule has 0 unspecified atom stereocenters. The van der Waals surface area contributed by atoms with Gasteiger partial charge in [0, 0.05) is 11.3 Å². The number of rotatable bonds is 3. The van der Waals surface area contributed by atoms with Crippen molar-refractivity contribution in [3.05, 3.63) is 113 Å². The summed E-state index contributed by atoms with van der Waals surface area (Å²) in [5.74, 6) is -0.0110. The number of benzene rings is 3. The largest absolute Gasteiger partial charge is 0.324 e. The maximum absolute atomic E-state index is 13.2. The van der Waals surface area contributed by atoms with Crippen molar-refractivity contribution in [3.8, 4) is 0 Å². The van der Waals surface area contributed by atoms with Gasteiger partial charge in [0.05, 0.1) is 0 Å². The molecule has 2 nitrogen and oxygen atoms in total. The van der Waals surface area contributed by atoms with Crippen molar-refractivity contribution >= 4 is 11.6 Å². The third-order valence-electron chi connectivity index (χ3n) is 4.86. The van der Waals surface area contributed by atoms with Gasteiger partial charge >= 0.3 is 0 Å². The van der Waals surface area contributed by atoms with E-state index in [0.29, 0.717) is 0 Å². The minimum atomic E-state index is -0.805. The fraction of sp³-hybridized carbons (Fsp3) is 0.0870. The zero-order chi connectivity index (χ0) is 17.3. The van der Waals surface area contributed by atoms with E-state index in [4.69, 9.17) is 0 Å². The van der Waals surface area contributed by atoms with Gasteiger partial charge < -0.3 is 5.32 Å². The Bertz CT molecular complexity index is 903. The van der Waals surface area contributed by atoms with Crippen molar-refractivity contribution in [2.45, 2.75) is 12.3 Å². The summed E-state index contributed by atoms with van der Waals surface area (Å²) in [6.45, 7) is 2.06. The van der Waals surface area contributed by atoms with Gasteiger partial charge in [-0.25, -0.2) is 0 Å². The summed E-state index contributed by atoms with van der Waals surface area (Å²) in [5, 5.41) is 3.12. The summed E-state index contributed by atoms with van der Waals surface area (Å²) in [6, 6.07) is 28.1. The maximum atomic E-state index is 13.2. The maximum Gasteiger partial charge on any atom is 0.243 e. The third-order valence-corrected chi connectivity index (χ3v) is 4.86. The molecule has 0 spiro atoms. The molecular formula is C23H19NO. The van der Waals surface area contributed by atoms with Crippen molar-refractivity contribution in [1.29, 1.82) is 0 Å². The number of hydrogen-bond donors (Lipinski definition) is 1. The van der Waals surface area contributed by atoms with Gasteiger partial charge in [-0.2, -0.15) is 0 Å².